The Morgan fingerprint density at radius 3 is 2.39 bits per heavy atom. The van der Waals surface area contributed by atoms with Gasteiger partial charge in [0.2, 0.25) is 0 Å². The number of hydrogen-bond acceptors (Lipinski definition) is 6. The van der Waals surface area contributed by atoms with E-state index in [1.807, 2.05) is 31.2 Å². The molecule has 0 aliphatic rings. The van der Waals surface area contributed by atoms with Crippen molar-refractivity contribution >= 4 is 29.1 Å². The van der Waals surface area contributed by atoms with Gasteiger partial charge in [-0.3, -0.25) is 4.79 Å². The Kier molecular flexibility index (Phi) is 5.96. The molecule has 142 valence electrons. The lowest BCUT2D eigenvalue weighted by Crippen LogP contribution is -2.14. The highest BCUT2D eigenvalue weighted by molar-refractivity contribution is 6.03. The summed E-state index contributed by atoms with van der Waals surface area (Å²) in [5.41, 5.74) is 3.16. The van der Waals surface area contributed by atoms with Crippen molar-refractivity contribution in [3.8, 4) is 0 Å². The average Bonchev–Trinajstić information content (AvgIpc) is 2.71. The highest BCUT2D eigenvalue weighted by Gasteiger charge is 2.10. The van der Waals surface area contributed by atoms with E-state index in [1.54, 1.807) is 31.2 Å². The fourth-order valence-corrected chi connectivity index (χ4v) is 2.46. The minimum absolute atomic E-state index is 0.185. The Bertz CT molecular complexity index is 970. The Labute approximate surface area is 162 Å². The Balaban J connectivity index is 1.63. The number of hydrogen-bond donors (Lipinski definition) is 2. The van der Waals surface area contributed by atoms with Crippen molar-refractivity contribution in [2.24, 2.45) is 0 Å². The van der Waals surface area contributed by atoms with Crippen molar-refractivity contribution in [3.05, 3.63) is 77.7 Å². The molecule has 0 saturated heterocycles. The molecule has 0 saturated carbocycles. The molecule has 2 N–H and O–H groups in total. The Hall–Kier alpha value is -3.74. The first-order valence-corrected chi connectivity index (χ1v) is 8.80. The molecular formula is C21H20N4O3. The number of amides is 1. The van der Waals surface area contributed by atoms with Crippen molar-refractivity contribution < 1.29 is 14.3 Å². The highest BCUT2D eigenvalue weighted by Crippen LogP contribution is 2.18. The summed E-state index contributed by atoms with van der Waals surface area (Å²) in [6.07, 6.45) is 2.91. The van der Waals surface area contributed by atoms with Gasteiger partial charge in [0.05, 0.1) is 24.6 Å². The molecule has 0 aliphatic heterocycles. The summed E-state index contributed by atoms with van der Waals surface area (Å²) in [6.45, 7) is 4.05. The maximum Gasteiger partial charge on any atom is 0.338 e. The number of carbonyl (C=O) groups is 2. The topological polar surface area (TPSA) is 93.2 Å². The van der Waals surface area contributed by atoms with Crippen LogP contribution in [0.15, 0.2) is 60.9 Å². The van der Waals surface area contributed by atoms with Crippen LogP contribution in [-0.4, -0.2) is 28.5 Å². The van der Waals surface area contributed by atoms with Crippen LogP contribution in [0.3, 0.4) is 0 Å². The first-order chi connectivity index (χ1) is 13.6. The fourth-order valence-electron chi connectivity index (χ4n) is 2.46. The van der Waals surface area contributed by atoms with Gasteiger partial charge >= 0.3 is 5.97 Å². The van der Waals surface area contributed by atoms with Crippen molar-refractivity contribution in [2.75, 3.05) is 17.2 Å². The molecule has 3 aromatic rings. The minimum atomic E-state index is -0.400. The van der Waals surface area contributed by atoms with E-state index in [-0.39, 0.29) is 11.6 Å². The lowest BCUT2D eigenvalue weighted by atomic mass is 10.2. The molecule has 0 bridgehead atoms. The number of nitrogens with one attached hydrogen (secondary N) is 2. The summed E-state index contributed by atoms with van der Waals surface area (Å²) in [5.74, 6) is -0.244. The van der Waals surface area contributed by atoms with Crippen LogP contribution in [0.4, 0.5) is 17.2 Å². The van der Waals surface area contributed by atoms with Gasteiger partial charge in [0.1, 0.15) is 11.5 Å². The number of aromatic nitrogens is 2. The molecule has 1 aromatic heterocycles. The van der Waals surface area contributed by atoms with E-state index in [0.29, 0.717) is 23.7 Å². The van der Waals surface area contributed by atoms with E-state index in [1.165, 1.54) is 12.4 Å². The van der Waals surface area contributed by atoms with Gasteiger partial charge in [-0.1, -0.05) is 18.2 Å². The molecule has 1 amide bonds. The van der Waals surface area contributed by atoms with E-state index in [9.17, 15) is 9.59 Å². The van der Waals surface area contributed by atoms with Crippen molar-refractivity contribution in [2.45, 2.75) is 13.8 Å². The Morgan fingerprint density at radius 2 is 1.75 bits per heavy atom. The molecule has 3 rings (SSSR count). The molecule has 0 radical (unpaired) electrons. The second-order valence-corrected chi connectivity index (χ2v) is 5.98. The largest absolute Gasteiger partial charge is 0.462 e. The maximum absolute atomic E-state index is 12.3. The SMILES string of the molecule is CCOC(=O)c1ccc(NC(=O)c2cnc(Nc3ccccc3C)cn2)cc1. The van der Waals surface area contributed by atoms with Crippen LogP contribution in [0, 0.1) is 6.92 Å². The number of esters is 1. The van der Waals surface area contributed by atoms with Gasteiger partial charge in [-0.2, -0.15) is 0 Å². The van der Waals surface area contributed by atoms with Gasteiger partial charge in [0.25, 0.3) is 5.91 Å². The van der Waals surface area contributed by atoms with E-state index < -0.39 is 5.97 Å². The zero-order chi connectivity index (χ0) is 19.9. The van der Waals surface area contributed by atoms with Gasteiger partial charge in [-0.05, 0) is 49.7 Å². The monoisotopic (exact) mass is 376 g/mol. The van der Waals surface area contributed by atoms with Crippen molar-refractivity contribution in [1.82, 2.24) is 9.97 Å². The van der Waals surface area contributed by atoms with E-state index in [4.69, 9.17) is 4.74 Å². The van der Waals surface area contributed by atoms with Gasteiger partial charge in [0.15, 0.2) is 0 Å². The third kappa shape index (κ3) is 4.70. The Morgan fingerprint density at radius 1 is 1.00 bits per heavy atom. The predicted molar refractivity (Wildman–Crippen MR) is 107 cm³/mol. The molecule has 1 heterocycles. The standard InChI is InChI=1S/C21H20N4O3/c1-3-28-21(27)15-8-10-16(11-9-15)24-20(26)18-12-23-19(13-22-18)25-17-7-5-4-6-14(17)2/h4-13H,3H2,1-2H3,(H,23,25)(H,24,26). The zero-order valence-corrected chi connectivity index (χ0v) is 15.6. The first kappa shape index (κ1) is 19.0. The highest BCUT2D eigenvalue weighted by atomic mass is 16.5. The number of para-hydroxylation sites is 1. The summed E-state index contributed by atoms with van der Waals surface area (Å²) in [5, 5.41) is 5.89. The minimum Gasteiger partial charge on any atom is -0.462 e. The summed E-state index contributed by atoms with van der Waals surface area (Å²) in [7, 11) is 0. The number of ether oxygens (including phenoxy) is 1. The van der Waals surface area contributed by atoms with E-state index >= 15 is 0 Å². The first-order valence-electron chi connectivity index (χ1n) is 8.80. The number of anilines is 3. The average molecular weight is 376 g/mol. The molecule has 7 nitrogen and oxygen atoms in total. The van der Waals surface area contributed by atoms with Gasteiger partial charge in [-0.15, -0.1) is 0 Å². The van der Waals surface area contributed by atoms with Crippen LogP contribution in [-0.2, 0) is 4.74 Å². The fraction of sp³-hybridized carbons (Fsp3) is 0.143. The molecule has 0 atom stereocenters. The van der Waals surface area contributed by atoms with Crippen molar-refractivity contribution in [1.29, 1.82) is 0 Å². The third-order valence-electron chi connectivity index (χ3n) is 3.95. The zero-order valence-electron chi connectivity index (χ0n) is 15.6. The number of benzene rings is 2. The van der Waals surface area contributed by atoms with Crippen molar-refractivity contribution in [3.63, 3.8) is 0 Å². The van der Waals surface area contributed by atoms with E-state index in [0.717, 1.165) is 11.3 Å². The normalized spacial score (nSPS) is 10.2. The molecule has 0 unspecified atom stereocenters. The van der Waals surface area contributed by atoms with Crippen LogP contribution in [0.25, 0.3) is 0 Å². The van der Waals surface area contributed by atoms with Crippen LogP contribution >= 0.6 is 0 Å². The molecular weight excluding hydrogens is 356 g/mol. The summed E-state index contributed by atoms with van der Waals surface area (Å²) < 4.78 is 4.93. The molecule has 2 aromatic carbocycles. The number of rotatable bonds is 6. The molecule has 0 fully saturated rings. The smallest absolute Gasteiger partial charge is 0.338 e. The van der Waals surface area contributed by atoms with Crippen LogP contribution in [0.1, 0.15) is 33.3 Å². The number of nitrogens with zero attached hydrogens (tertiary/aromatic N) is 2. The number of carbonyl (C=O) groups excluding carboxylic acids is 2. The molecule has 0 spiro atoms. The molecule has 7 heteroatoms. The van der Waals surface area contributed by atoms with Crippen LogP contribution in [0.2, 0.25) is 0 Å². The number of aryl methyl sites for hydroxylation is 1. The third-order valence-corrected chi connectivity index (χ3v) is 3.95. The lowest BCUT2D eigenvalue weighted by Gasteiger charge is -2.09. The van der Waals surface area contributed by atoms with Gasteiger partial charge in [-0.25, -0.2) is 14.8 Å². The van der Waals surface area contributed by atoms with Crippen LogP contribution < -0.4 is 10.6 Å². The predicted octanol–water partition coefficient (Wildman–Crippen LogP) is 3.96. The van der Waals surface area contributed by atoms with Gasteiger partial charge in [0, 0.05) is 11.4 Å². The second-order valence-electron chi connectivity index (χ2n) is 5.98. The summed E-state index contributed by atoms with van der Waals surface area (Å²) in [4.78, 5) is 32.4. The molecule has 28 heavy (non-hydrogen) atoms. The second kappa shape index (κ2) is 8.77. The molecule has 0 aliphatic carbocycles. The van der Waals surface area contributed by atoms with E-state index in [2.05, 4.69) is 20.6 Å². The van der Waals surface area contributed by atoms with Crippen LogP contribution in [0.5, 0.6) is 0 Å². The summed E-state index contributed by atoms with van der Waals surface area (Å²) in [6, 6.07) is 14.3. The van der Waals surface area contributed by atoms with Gasteiger partial charge < -0.3 is 15.4 Å². The quantitative estimate of drug-likeness (QED) is 0.633. The summed E-state index contributed by atoms with van der Waals surface area (Å²) >= 11 is 0. The lowest BCUT2D eigenvalue weighted by molar-refractivity contribution is 0.0526. The maximum atomic E-state index is 12.3.